The summed E-state index contributed by atoms with van der Waals surface area (Å²) in [6, 6.07) is 21.0. The molecule has 1 heterocycles. The summed E-state index contributed by atoms with van der Waals surface area (Å²) in [4.78, 5) is 15.6. The maximum absolute atomic E-state index is 13.3. The van der Waals surface area contributed by atoms with E-state index in [1.165, 1.54) is 23.3 Å². The zero-order chi connectivity index (χ0) is 26.7. The van der Waals surface area contributed by atoms with Crippen molar-refractivity contribution in [1.82, 2.24) is 4.90 Å². The number of nitrogens with one attached hydrogen (secondary N) is 1. The Labute approximate surface area is 220 Å². The first-order chi connectivity index (χ1) is 18.3. The Morgan fingerprint density at radius 3 is 2.50 bits per heavy atom. The molecular weight excluding hydrogens is 487 g/mol. The first kappa shape index (κ1) is 25.7. The highest BCUT2D eigenvalue weighted by molar-refractivity contribution is 6.09. The molecule has 0 radical (unpaired) electrons. The quantitative estimate of drug-likeness (QED) is 0.394. The van der Waals surface area contributed by atoms with Crippen molar-refractivity contribution in [3.63, 3.8) is 0 Å². The summed E-state index contributed by atoms with van der Waals surface area (Å²) in [5.74, 6) is -0.186. The number of amides is 1. The average molecular weight is 516 g/mol. The van der Waals surface area contributed by atoms with Crippen molar-refractivity contribution >= 4 is 17.2 Å². The molecule has 1 amide bonds. The number of allylic oxidation sites excluding steroid dienone is 1. The van der Waals surface area contributed by atoms with Crippen LogP contribution in [0.5, 0.6) is 0 Å². The first-order valence-corrected chi connectivity index (χ1v) is 12.8. The topological polar surface area (TPSA) is 56.1 Å². The predicted molar refractivity (Wildman–Crippen MR) is 141 cm³/mol. The zero-order valence-corrected chi connectivity index (χ0v) is 20.9. The number of carbonyl (C=O) groups is 1. The average Bonchev–Trinajstić information content (AvgIpc) is 2.93. The van der Waals surface area contributed by atoms with E-state index in [9.17, 15) is 18.0 Å². The van der Waals surface area contributed by atoms with Crippen molar-refractivity contribution in [3.05, 3.63) is 106 Å². The molecule has 0 aromatic heterocycles. The molecule has 1 N–H and O–H groups in total. The first-order valence-electron chi connectivity index (χ1n) is 12.8. The number of halogens is 3. The van der Waals surface area contributed by atoms with E-state index in [0.29, 0.717) is 29.5 Å². The monoisotopic (exact) mass is 515 g/mol. The van der Waals surface area contributed by atoms with Gasteiger partial charge in [-0.1, -0.05) is 30.3 Å². The molecule has 38 heavy (non-hydrogen) atoms. The summed E-state index contributed by atoms with van der Waals surface area (Å²) in [5, 5.41) is 12.2. The van der Waals surface area contributed by atoms with Crippen LogP contribution < -0.4 is 5.32 Å². The number of fused-ring (bicyclic) bond motifs is 1. The highest BCUT2D eigenvalue weighted by Gasteiger charge is 2.30. The summed E-state index contributed by atoms with van der Waals surface area (Å²) in [6.45, 7) is 2.45. The van der Waals surface area contributed by atoms with E-state index < -0.39 is 11.7 Å². The van der Waals surface area contributed by atoms with Gasteiger partial charge in [0.15, 0.2) is 0 Å². The molecule has 0 saturated carbocycles. The van der Waals surface area contributed by atoms with Crippen molar-refractivity contribution in [1.29, 1.82) is 5.26 Å². The van der Waals surface area contributed by atoms with E-state index in [2.05, 4.69) is 22.4 Å². The van der Waals surface area contributed by atoms with Gasteiger partial charge < -0.3 is 5.32 Å². The van der Waals surface area contributed by atoms with Gasteiger partial charge in [0.1, 0.15) is 0 Å². The third-order valence-corrected chi connectivity index (χ3v) is 7.32. The standard InChI is InChI=1S/C31H28F3N3O/c32-31(33,34)26-11-8-23(9-12-26)28-6-1-2-7-29(28)30(38)36-27-13-10-25-20-37(15-14-24(25)17-27)19-22-5-3-4-21(16-22)18-35/h3-5,8-13,16-17H,1-2,6-7,14-15,19-20H2,(H,36,38). The number of benzene rings is 3. The van der Waals surface area contributed by atoms with E-state index in [0.717, 1.165) is 67.9 Å². The Balaban J connectivity index is 1.29. The van der Waals surface area contributed by atoms with Crippen LogP contribution in [0.1, 0.15) is 59.1 Å². The number of alkyl halides is 3. The lowest BCUT2D eigenvalue weighted by molar-refractivity contribution is -0.137. The summed E-state index contributed by atoms with van der Waals surface area (Å²) in [6.07, 6.45) is -0.462. The molecule has 2 aliphatic rings. The maximum atomic E-state index is 13.3. The molecule has 3 aromatic rings. The minimum Gasteiger partial charge on any atom is -0.322 e. The normalized spacial score (nSPS) is 16.1. The highest BCUT2D eigenvalue weighted by Crippen LogP contribution is 2.35. The summed E-state index contributed by atoms with van der Waals surface area (Å²) < 4.78 is 39.0. The fraction of sp³-hybridized carbons (Fsp3) is 0.290. The number of anilines is 1. The van der Waals surface area contributed by atoms with E-state index >= 15 is 0 Å². The van der Waals surface area contributed by atoms with Crippen LogP contribution in [0.25, 0.3) is 5.57 Å². The van der Waals surface area contributed by atoms with Gasteiger partial charge in [0.2, 0.25) is 0 Å². The van der Waals surface area contributed by atoms with Crippen LogP contribution in [0.2, 0.25) is 0 Å². The second kappa shape index (κ2) is 10.8. The lowest BCUT2D eigenvalue weighted by atomic mass is 9.86. The van der Waals surface area contributed by atoms with Gasteiger partial charge in [0.05, 0.1) is 17.2 Å². The molecule has 1 aliphatic heterocycles. The maximum Gasteiger partial charge on any atom is 0.416 e. The molecule has 7 heteroatoms. The lowest BCUT2D eigenvalue weighted by Crippen LogP contribution is -2.30. The highest BCUT2D eigenvalue weighted by atomic mass is 19.4. The Kier molecular flexibility index (Phi) is 7.35. The fourth-order valence-electron chi connectivity index (χ4n) is 5.36. The van der Waals surface area contributed by atoms with E-state index in [1.54, 1.807) is 6.07 Å². The third-order valence-electron chi connectivity index (χ3n) is 7.32. The summed E-state index contributed by atoms with van der Waals surface area (Å²) in [5.41, 5.74) is 6.39. The minimum absolute atomic E-state index is 0.186. The molecule has 0 saturated heterocycles. The zero-order valence-electron chi connectivity index (χ0n) is 20.9. The van der Waals surface area contributed by atoms with Crippen LogP contribution in [0.15, 0.2) is 72.3 Å². The molecule has 0 fully saturated rings. The van der Waals surface area contributed by atoms with Gasteiger partial charge in [-0.3, -0.25) is 9.69 Å². The van der Waals surface area contributed by atoms with Gasteiger partial charge in [-0.2, -0.15) is 18.4 Å². The molecule has 0 unspecified atom stereocenters. The fourth-order valence-corrected chi connectivity index (χ4v) is 5.36. The molecule has 0 spiro atoms. The van der Waals surface area contributed by atoms with Crippen molar-refractivity contribution in [3.8, 4) is 6.07 Å². The van der Waals surface area contributed by atoms with E-state index in [4.69, 9.17) is 5.26 Å². The number of nitrogens with zero attached hydrogens (tertiary/aromatic N) is 2. The predicted octanol–water partition coefficient (Wildman–Crippen LogP) is 7.10. The van der Waals surface area contributed by atoms with E-state index in [-0.39, 0.29) is 5.91 Å². The van der Waals surface area contributed by atoms with Gasteiger partial charge in [-0.25, -0.2) is 0 Å². The summed E-state index contributed by atoms with van der Waals surface area (Å²) in [7, 11) is 0. The Hall–Kier alpha value is -3.89. The van der Waals surface area contributed by atoms with Crippen molar-refractivity contribution in [2.75, 3.05) is 11.9 Å². The number of carbonyl (C=O) groups excluding carboxylic acids is 1. The van der Waals surface area contributed by atoms with Gasteiger partial charge in [-0.05, 0) is 96.3 Å². The number of hydrogen-bond donors (Lipinski definition) is 1. The minimum atomic E-state index is -4.38. The van der Waals surface area contributed by atoms with Crippen LogP contribution in [0, 0.1) is 11.3 Å². The molecule has 1 aliphatic carbocycles. The van der Waals surface area contributed by atoms with Gasteiger partial charge in [0.25, 0.3) is 5.91 Å². The van der Waals surface area contributed by atoms with Crippen molar-refractivity contribution < 1.29 is 18.0 Å². The molecule has 194 valence electrons. The van der Waals surface area contributed by atoms with Crippen LogP contribution in [-0.2, 0) is 30.5 Å². The summed E-state index contributed by atoms with van der Waals surface area (Å²) >= 11 is 0. The third kappa shape index (κ3) is 5.81. The van der Waals surface area contributed by atoms with Gasteiger partial charge in [-0.15, -0.1) is 0 Å². The van der Waals surface area contributed by atoms with Crippen LogP contribution >= 0.6 is 0 Å². The van der Waals surface area contributed by atoms with Crippen LogP contribution in [0.4, 0.5) is 18.9 Å². The molecule has 0 atom stereocenters. The van der Waals surface area contributed by atoms with E-state index in [1.807, 2.05) is 30.3 Å². The number of rotatable bonds is 5. The number of hydrogen-bond acceptors (Lipinski definition) is 3. The number of nitriles is 1. The van der Waals surface area contributed by atoms with Crippen molar-refractivity contribution in [2.24, 2.45) is 0 Å². The molecular formula is C31H28F3N3O. The second-order valence-corrected chi connectivity index (χ2v) is 9.95. The molecule has 5 rings (SSSR count). The van der Waals surface area contributed by atoms with Crippen LogP contribution in [-0.4, -0.2) is 17.4 Å². The van der Waals surface area contributed by atoms with Crippen molar-refractivity contribution in [2.45, 2.75) is 51.4 Å². The lowest BCUT2D eigenvalue weighted by Gasteiger charge is -2.29. The van der Waals surface area contributed by atoms with Gasteiger partial charge in [0, 0.05) is 30.9 Å². The molecule has 4 nitrogen and oxygen atoms in total. The SMILES string of the molecule is N#Cc1cccc(CN2CCc3cc(NC(=O)C4=C(c5ccc(C(F)(F)F)cc5)CCCC4)ccc3C2)c1. The largest absolute Gasteiger partial charge is 0.416 e. The molecule has 3 aromatic carbocycles. The Bertz CT molecular complexity index is 1420. The second-order valence-electron chi connectivity index (χ2n) is 9.95. The van der Waals surface area contributed by atoms with Gasteiger partial charge >= 0.3 is 6.18 Å². The molecule has 0 bridgehead atoms. The smallest absolute Gasteiger partial charge is 0.322 e. The Morgan fingerprint density at radius 1 is 0.947 bits per heavy atom. The Morgan fingerprint density at radius 2 is 1.74 bits per heavy atom. The van der Waals surface area contributed by atoms with Crippen LogP contribution in [0.3, 0.4) is 0 Å².